The number of aliphatic hydroxyl groups excluding tert-OH is 1. The van der Waals surface area contributed by atoms with Gasteiger partial charge in [0, 0.05) is 9.77 Å². The lowest BCUT2D eigenvalue weighted by Gasteiger charge is -1.98. The van der Waals surface area contributed by atoms with E-state index in [0.29, 0.717) is 0 Å². The number of hydrogen-bond donors (Lipinski definition) is 1. The van der Waals surface area contributed by atoms with Crippen molar-refractivity contribution < 1.29 is 5.11 Å². The summed E-state index contributed by atoms with van der Waals surface area (Å²) in [6.07, 6.45) is 1.97. The van der Waals surface area contributed by atoms with Gasteiger partial charge in [0.25, 0.3) is 0 Å². The molecular weight excluding hydrogens is 279 g/mol. The monoisotopic (exact) mass is 288 g/mol. The Kier molecular flexibility index (Phi) is 2.25. The number of rotatable bonds is 1. The largest absolute Gasteiger partial charge is 0.390 e. The highest BCUT2D eigenvalue weighted by Crippen LogP contribution is 2.14. The van der Waals surface area contributed by atoms with Gasteiger partial charge in [-0.1, -0.05) is 0 Å². The lowest BCUT2D eigenvalue weighted by atomic mass is 10.3. The van der Waals surface area contributed by atoms with E-state index in [1.165, 1.54) is 0 Å². The van der Waals surface area contributed by atoms with Gasteiger partial charge < -0.3 is 9.51 Å². The summed E-state index contributed by atoms with van der Waals surface area (Å²) in [4.78, 5) is 4.32. The first-order valence-electron chi connectivity index (χ1n) is 3.96. The molecule has 0 saturated heterocycles. The van der Waals surface area contributed by atoms with Crippen molar-refractivity contribution >= 4 is 28.2 Å². The molecule has 4 heteroatoms. The second-order valence-corrected chi connectivity index (χ2v) is 4.12. The maximum atomic E-state index is 9.13. The molecule has 0 unspecified atom stereocenters. The lowest BCUT2D eigenvalue weighted by Crippen LogP contribution is -1.94. The lowest BCUT2D eigenvalue weighted by molar-refractivity contribution is 0.275. The van der Waals surface area contributed by atoms with E-state index in [1.54, 1.807) is 0 Å². The number of pyridine rings is 1. The van der Waals surface area contributed by atoms with Crippen molar-refractivity contribution in [3.63, 3.8) is 0 Å². The van der Waals surface area contributed by atoms with Crippen molar-refractivity contribution in [1.82, 2.24) is 9.38 Å². The van der Waals surface area contributed by atoms with Crippen molar-refractivity contribution in [3.05, 3.63) is 33.3 Å². The smallest absolute Gasteiger partial charge is 0.137 e. The molecular formula is C9H9IN2O. The predicted octanol–water partition coefficient (Wildman–Crippen LogP) is 1.74. The predicted molar refractivity (Wildman–Crippen MR) is 58.6 cm³/mol. The van der Waals surface area contributed by atoms with E-state index in [1.807, 2.05) is 29.7 Å². The molecule has 0 aliphatic rings. The summed E-state index contributed by atoms with van der Waals surface area (Å²) in [5, 5.41) is 9.13. The number of hydrogen-bond acceptors (Lipinski definition) is 2. The van der Waals surface area contributed by atoms with Crippen LogP contribution in [0, 0.1) is 10.5 Å². The number of halogens is 1. The SMILES string of the molecule is Cc1nc2ccc(I)cn2c1CO. The standard InChI is InChI=1S/C9H9IN2O/c1-6-8(5-13)12-4-7(10)2-3-9(12)11-6/h2-4,13H,5H2,1H3. The number of aromatic nitrogens is 2. The van der Waals surface area contributed by atoms with Crippen LogP contribution in [-0.2, 0) is 6.61 Å². The van der Waals surface area contributed by atoms with E-state index in [0.717, 1.165) is 20.6 Å². The molecule has 0 aromatic carbocycles. The first kappa shape index (κ1) is 8.96. The summed E-state index contributed by atoms with van der Waals surface area (Å²) in [5.74, 6) is 0. The van der Waals surface area contributed by atoms with Crippen molar-refractivity contribution in [3.8, 4) is 0 Å². The Morgan fingerprint density at radius 2 is 2.31 bits per heavy atom. The summed E-state index contributed by atoms with van der Waals surface area (Å²) in [5.41, 5.74) is 2.65. The van der Waals surface area contributed by atoms with Crippen LogP contribution in [0.15, 0.2) is 18.3 Å². The zero-order valence-corrected chi connectivity index (χ0v) is 9.32. The quantitative estimate of drug-likeness (QED) is 0.812. The molecule has 3 nitrogen and oxygen atoms in total. The van der Waals surface area contributed by atoms with E-state index in [4.69, 9.17) is 5.11 Å². The number of aliphatic hydroxyl groups is 1. The summed E-state index contributed by atoms with van der Waals surface area (Å²) >= 11 is 2.24. The summed E-state index contributed by atoms with van der Waals surface area (Å²) in [6.45, 7) is 1.94. The van der Waals surface area contributed by atoms with Gasteiger partial charge in [0.05, 0.1) is 18.0 Å². The Morgan fingerprint density at radius 1 is 1.54 bits per heavy atom. The van der Waals surface area contributed by atoms with E-state index in [2.05, 4.69) is 27.6 Å². The van der Waals surface area contributed by atoms with Crippen LogP contribution in [0.25, 0.3) is 5.65 Å². The highest BCUT2D eigenvalue weighted by Gasteiger charge is 2.06. The molecule has 2 aromatic rings. The zero-order chi connectivity index (χ0) is 9.42. The third-order valence-corrected chi connectivity index (χ3v) is 2.67. The first-order valence-corrected chi connectivity index (χ1v) is 5.04. The molecule has 0 fully saturated rings. The normalized spacial score (nSPS) is 11.0. The molecule has 2 heterocycles. The van der Waals surface area contributed by atoms with Gasteiger partial charge in [-0.15, -0.1) is 0 Å². The Bertz CT molecular complexity index is 450. The molecule has 1 N–H and O–H groups in total. The molecule has 0 aliphatic carbocycles. The van der Waals surface area contributed by atoms with Crippen LogP contribution in [-0.4, -0.2) is 14.5 Å². The second-order valence-electron chi connectivity index (χ2n) is 2.88. The highest BCUT2D eigenvalue weighted by molar-refractivity contribution is 14.1. The molecule has 0 atom stereocenters. The third kappa shape index (κ3) is 1.44. The molecule has 0 spiro atoms. The fraction of sp³-hybridized carbons (Fsp3) is 0.222. The average Bonchev–Trinajstić information content (AvgIpc) is 2.40. The topological polar surface area (TPSA) is 37.5 Å². The van der Waals surface area contributed by atoms with Crippen LogP contribution < -0.4 is 0 Å². The van der Waals surface area contributed by atoms with Crippen LogP contribution in [0.5, 0.6) is 0 Å². The van der Waals surface area contributed by atoms with E-state index >= 15 is 0 Å². The van der Waals surface area contributed by atoms with Crippen LogP contribution in [0.1, 0.15) is 11.4 Å². The van der Waals surface area contributed by atoms with Crippen molar-refractivity contribution in [2.75, 3.05) is 0 Å². The third-order valence-electron chi connectivity index (χ3n) is 2.03. The number of imidazole rings is 1. The van der Waals surface area contributed by atoms with E-state index < -0.39 is 0 Å². The van der Waals surface area contributed by atoms with Gasteiger partial charge in [-0.05, 0) is 41.6 Å². The molecule has 0 bridgehead atoms. The van der Waals surface area contributed by atoms with Crippen molar-refractivity contribution in [1.29, 1.82) is 0 Å². The van der Waals surface area contributed by atoms with Gasteiger partial charge in [0.2, 0.25) is 0 Å². The second kappa shape index (κ2) is 3.26. The number of nitrogens with zero attached hydrogens (tertiary/aromatic N) is 2. The van der Waals surface area contributed by atoms with Gasteiger partial charge in [-0.2, -0.15) is 0 Å². The van der Waals surface area contributed by atoms with Gasteiger partial charge in [0.15, 0.2) is 0 Å². The molecule has 2 aromatic heterocycles. The molecule has 0 amide bonds. The fourth-order valence-electron chi connectivity index (χ4n) is 1.38. The average molecular weight is 288 g/mol. The Balaban J connectivity index is 2.80. The summed E-state index contributed by atoms with van der Waals surface area (Å²) in [7, 11) is 0. The van der Waals surface area contributed by atoms with Gasteiger partial charge in [-0.3, -0.25) is 0 Å². The first-order chi connectivity index (χ1) is 6.22. The molecule has 13 heavy (non-hydrogen) atoms. The Hall–Kier alpha value is -0.620. The van der Waals surface area contributed by atoms with Crippen LogP contribution >= 0.6 is 22.6 Å². The van der Waals surface area contributed by atoms with Gasteiger partial charge >= 0.3 is 0 Å². The number of aryl methyl sites for hydroxylation is 1. The van der Waals surface area contributed by atoms with E-state index in [9.17, 15) is 0 Å². The summed E-state index contributed by atoms with van der Waals surface area (Å²) < 4.78 is 3.06. The minimum atomic E-state index is 0.0348. The van der Waals surface area contributed by atoms with Crippen molar-refractivity contribution in [2.24, 2.45) is 0 Å². The Labute approximate surface area is 89.6 Å². The van der Waals surface area contributed by atoms with Gasteiger partial charge in [0.1, 0.15) is 5.65 Å². The zero-order valence-electron chi connectivity index (χ0n) is 7.16. The molecule has 68 valence electrons. The van der Waals surface area contributed by atoms with Crippen LogP contribution in [0.3, 0.4) is 0 Å². The Morgan fingerprint density at radius 3 is 3.00 bits per heavy atom. The van der Waals surface area contributed by atoms with Crippen LogP contribution in [0.2, 0.25) is 0 Å². The fourth-order valence-corrected chi connectivity index (χ4v) is 1.83. The highest BCUT2D eigenvalue weighted by atomic mass is 127. The van der Waals surface area contributed by atoms with Crippen molar-refractivity contribution in [2.45, 2.75) is 13.5 Å². The maximum Gasteiger partial charge on any atom is 0.137 e. The minimum absolute atomic E-state index is 0.0348. The minimum Gasteiger partial charge on any atom is -0.390 e. The summed E-state index contributed by atoms with van der Waals surface area (Å²) in [6, 6.07) is 3.96. The van der Waals surface area contributed by atoms with E-state index in [-0.39, 0.29) is 6.61 Å². The molecule has 0 saturated carbocycles. The molecule has 0 radical (unpaired) electrons. The molecule has 0 aliphatic heterocycles. The van der Waals surface area contributed by atoms with Crippen LogP contribution in [0.4, 0.5) is 0 Å². The maximum absolute atomic E-state index is 9.13. The number of fused-ring (bicyclic) bond motifs is 1. The van der Waals surface area contributed by atoms with Gasteiger partial charge in [-0.25, -0.2) is 4.98 Å². The molecule has 2 rings (SSSR count).